The van der Waals surface area contributed by atoms with Gasteiger partial charge in [-0.2, -0.15) is 10.2 Å². The van der Waals surface area contributed by atoms with E-state index in [4.69, 9.17) is 9.47 Å². The fourth-order valence-corrected chi connectivity index (χ4v) is 3.10. The summed E-state index contributed by atoms with van der Waals surface area (Å²) in [4.78, 5) is 3.93. The van der Waals surface area contributed by atoms with Crippen molar-refractivity contribution in [3.8, 4) is 0 Å². The molecule has 4 heterocycles. The van der Waals surface area contributed by atoms with Crippen LogP contribution in [0.5, 0.6) is 0 Å². The average molecular weight is 306 g/mol. The summed E-state index contributed by atoms with van der Waals surface area (Å²) in [6.45, 7) is 1.06. The van der Waals surface area contributed by atoms with Crippen molar-refractivity contribution < 1.29 is 14.6 Å². The van der Waals surface area contributed by atoms with E-state index in [1.54, 1.807) is 21.9 Å². The van der Waals surface area contributed by atoms with Crippen LogP contribution in [0, 0.1) is 0 Å². The minimum absolute atomic E-state index is 0.170. The highest BCUT2D eigenvalue weighted by atomic mass is 16.7. The van der Waals surface area contributed by atoms with E-state index >= 15 is 0 Å². The third-order valence-corrected chi connectivity index (χ3v) is 4.17. The van der Waals surface area contributed by atoms with Crippen LogP contribution in [0.1, 0.15) is 11.6 Å². The summed E-state index contributed by atoms with van der Waals surface area (Å²) < 4.78 is 14.8. The molecule has 2 bridgehead atoms. The molecular formula is C13H18N6O3. The first kappa shape index (κ1) is 13.8. The van der Waals surface area contributed by atoms with Crippen molar-refractivity contribution in [2.45, 2.75) is 37.1 Å². The molecule has 0 saturated carbocycles. The lowest BCUT2D eigenvalue weighted by Gasteiger charge is -2.38. The molecule has 2 N–H and O–H groups in total. The molecule has 0 radical (unpaired) electrons. The number of aliphatic hydroxyl groups is 1. The summed E-state index contributed by atoms with van der Waals surface area (Å²) in [5.41, 5.74) is 1.05. The zero-order chi connectivity index (χ0) is 15.1. The SMILES string of the molecule is Cn1cc(CN[C@H]2[C@H](O)[C@@H](n3cncn3)[C@@H]3OC[C@H]2O3)cn1. The molecular weight excluding hydrogens is 288 g/mol. The van der Waals surface area contributed by atoms with E-state index in [2.05, 4.69) is 20.5 Å². The predicted octanol–water partition coefficient (Wildman–Crippen LogP) is -1.17. The predicted molar refractivity (Wildman–Crippen MR) is 73.5 cm³/mol. The third-order valence-electron chi connectivity index (χ3n) is 4.17. The van der Waals surface area contributed by atoms with Crippen LogP contribution in [0.25, 0.3) is 0 Å². The summed E-state index contributed by atoms with van der Waals surface area (Å²) in [5, 5.41) is 22.3. The molecule has 2 aliphatic rings. The topological polar surface area (TPSA) is 99.3 Å². The van der Waals surface area contributed by atoms with Crippen LogP contribution >= 0.6 is 0 Å². The molecule has 118 valence electrons. The van der Waals surface area contributed by atoms with Crippen molar-refractivity contribution in [1.82, 2.24) is 29.9 Å². The van der Waals surface area contributed by atoms with E-state index < -0.39 is 18.4 Å². The maximum absolute atomic E-state index is 10.7. The van der Waals surface area contributed by atoms with Gasteiger partial charge < -0.3 is 19.9 Å². The van der Waals surface area contributed by atoms with E-state index in [-0.39, 0.29) is 12.1 Å². The van der Waals surface area contributed by atoms with Gasteiger partial charge in [0.05, 0.1) is 24.9 Å². The van der Waals surface area contributed by atoms with Gasteiger partial charge in [-0.15, -0.1) is 0 Å². The van der Waals surface area contributed by atoms with Crippen LogP contribution in [-0.2, 0) is 23.1 Å². The molecule has 9 nitrogen and oxygen atoms in total. The van der Waals surface area contributed by atoms with Gasteiger partial charge in [-0.25, -0.2) is 9.67 Å². The first-order valence-electron chi connectivity index (χ1n) is 7.22. The minimum atomic E-state index is -0.676. The van der Waals surface area contributed by atoms with E-state index in [1.807, 2.05) is 13.2 Å². The van der Waals surface area contributed by atoms with Crippen LogP contribution < -0.4 is 5.32 Å². The van der Waals surface area contributed by atoms with Crippen molar-refractivity contribution >= 4 is 0 Å². The van der Waals surface area contributed by atoms with Crippen LogP contribution in [0.15, 0.2) is 25.0 Å². The van der Waals surface area contributed by atoms with Gasteiger partial charge in [0.15, 0.2) is 6.29 Å². The Labute approximate surface area is 126 Å². The van der Waals surface area contributed by atoms with Crippen LogP contribution in [0.2, 0.25) is 0 Å². The van der Waals surface area contributed by atoms with E-state index in [1.165, 1.54) is 6.33 Å². The number of aryl methyl sites for hydroxylation is 1. The van der Waals surface area contributed by atoms with Gasteiger partial charge in [-0.1, -0.05) is 0 Å². The summed E-state index contributed by atoms with van der Waals surface area (Å²) in [5.74, 6) is 0. The van der Waals surface area contributed by atoms with Crippen molar-refractivity contribution in [2.24, 2.45) is 7.05 Å². The number of aromatic nitrogens is 5. The smallest absolute Gasteiger partial charge is 0.183 e. The number of nitrogens with one attached hydrogen (secondary N) is 1. The van der Waals surface area contributed by atoms with Crippen LogP contribution in [0.3, 0.4) is 0 Å². The van der Waals surface area contributed by atoms with Gasteiger partial charge in [0, 0.05) is 25.4 Å². The fourth-order valence-electron chi connectivity index (χ4n) is 3.10. The lowest BCUT2D eigenvalue weighted by atomic mass is 9.96. The van der Waals surface area contributed by atoms with Crippen LogP contribution in [0.4, 0.5) is 0 Å². The van der Waals surface area contributed by atoms with Crippen molar-refractivity contribution in [3.63, 3.8) is 0 Å². The second-order valence-electron chi connectivity index (χ2n) is 5.66. The highest BCUT2D eigenvalue weighted by Gasteiger charge is 2.51. The molecule has 22 heavy (non-hydrogen) atoms. The summed E-state index contributed by atoms with van der Waals surface area (Å²) in [6.07, 6.45) is 5.40. The Kier molecular flexibility index (Phi) is 3.41. The third kappa shape index (κ3) is 2.31. The molecule has 2 aliphatic heterocycles. The van der Waals surface area contributed by atoms with Crippen LogP contribution in [-0.4, -0.2) is 60.8 Å². The maximum atomic E-state index is 10.7. The second kappa shape index (κ2) is 5.43. The molecule has 0 spiro atoms. The average Bonchev–Trinajstić information content (AvgIpc) is 3.22. The zero-order valence-corrected chi connectivity index (χ0v) is 12.1. The number of fused-ring (bicyclic) bond motifs is 2. The number of ether oxygens (including phenoxy) is 2. The number of hydrogen-bond donors (Lipinski definition) is 2. The largest absolute Gasteiger partial charge is 0.389 e. The Hall–Kier alpha value is -1.81. The second-order valence-corrected chi connectivity index (χ2v) is 5.66. The highest BCUT2D eigenvalue weighted by molar-refractivity contribution is 5.05. The van der Waals surface area contributed by atoms with Crippen molar-refractivity contribution in [2.75, 3.05) is 6.61 Å². The lowest BCUT2D eigenvalue weighted by Crippen LogP contribution is -2.57. The van der Waals surface area contributed by atoms with E-state index in [0.717, 1.165) is 5.56 Å². The zero-order valence-electron chi connectivity index (χ0n) is 12.1. The van der Waals surface area contributed by atoms with Crippen molar-refractivity contribution in [1.29, 1.82) is 0 Å². The normalized spacial score (nSPS) is 34.2. The molecule has 4 rings (SSSR count). The summed E-state index contributed by atoms with van der Waals surface area (Å²) >= 11 is 0. The molecule has 0 amide bonds. The first-order valence-corrected chi connectivity index (χ1v) is 7.22. The van der Waals surface area contributed by atoms with E-state index in [9.17, 15) is 5.11 Å². The molecule has 2 fully saturated rings. The fraction of sp³-hybridized carbons (Fsp3) is 0.615. The molecule has 2 aromatic rings. The van der Waals surface area contributed by atoms with E-state index in [0.29, 0.717) is 13.2 Å². The number of rotatable bonds is 4. The molecule has 9 heteroatoms. The molecule has 0 aliphatic carbocycles. The van der Waals surface area contributed by atoms with Gasteiger partial charge in [0.2, 0.25) is 0 Å². The monoisotopic (exact) mass is 306 g/mol. The van der Waals surface area contributed by atoms with Gasteiger partial charge in [-0.3, -0.25) is 4.68 Å². The van der Waals surface area contributed by atoms with Gasteiger partial charge in [0.1, 0.15) is 24.8 Å². The Morgan fingerprint density at radius 3 is 3.09 bits per heavy atom. The van der Waals surface area contributed by atoms with Gasteiger partial charge >= 0.3 is 0 Å². The lowest BCUT2D eigenvalue weighted by molar-refractivity contribution is -0.168. The Morgan fingerprint density at radius 2 is 2.36 bits per heavy atom. The standard InChI is InChI=1S/C13H18N6O3/c1-18-4-8(3-16-18)2-15-10-9-5-21-13(22-9)11(12(10)20)19-7-14-6-17-19/h3-4,6-7,9-13,15,20H,2,5H2,1H3/t9-,10-,11-,12+,13-/m1/s1. The first-order chi connectivity index (χ1) is 10.7. The quantitative estimate of drug-likeness (QED) is 0.734. The number of hydrogen-bond acceptors (Lipinski definition) is 7. The highest BCUT2D eigenvalue weighted by Crippen LogP contribution is 2.35. The molecule has 5 atom stereocenters. The number of nitrogens with zero attached hydrogens (tertiary/aromatic N) is 5. The molecule has 2 saturated heterocycles. The summed E-state index contributed by atoms with van der Waals surface area (Å²) in [6, 6.07) is -0.652. The van der Waals surface area contributed by atoms with Gasteiger partial charge in [0.25, 0.3) is 0 Å². The molecule has 0 aromatic carbocycles. The molecule has 2 aromatic heterocycles. The minimum Gasteiger partial charge on any atom is -0.389 e. The molecule has 0 unspecified atom stereocenters. The number of aliphatic hydroxyl groups excluding tert-OH is 1. The van der Waals surface area contributed by atoms with Gasteiger partial charge in [-0.05, 0) is 0 Å². The Bertz CT molecular complexity index is 630. The van der Waals surface area contributed by atoms with Crippen molar-refractivity contribution in [3.05, 3.63) is 30.6 Å². The Morgan fingerprint density at radius 1 is 1.45 bits per heavy atom. The Balaban J connectivity index is 1.51. The maximum Gasteiger partial charge on any atom is 0.183 e. The summed E-state index contributed by atoms with van der Waals surface area (Å²) in [7, 11) is 1.87.